The molecule has 0 unspecified atom stereocenters. The largest absolute Gasteiger partial charge is 0.497 e. The zero-order chi connectivity index (χ0) is 18.9. The van der Waals surface area contributed by atoms with Crippen LogP contribution in [0.2, 0.25) is 0 Å². The minimum absolute atomic E-state index is 0.551. The van der Waals surface area contributed by atoms with Gasteiger partial charge >= 0.3 is 0 Å². The average Bonchev–Trinajstić information content (AvgIpc) is 2.66. The highest BCUT2D eigenvalue weighted by atomic mass is 127. The maximum atomic E-state index is 9.57. The summed E-state index contributed by atoms with van der Waals surface area (Å²) in [5.41, 5.74) is 2.31. The summed E-state index contributed by atoms with van der Waals surface area (Å²) >= 11 is 2.24. The van der Waals surface area contributed by atoms with E-state index in [1.165, 1.54) is 0 Å². The molecule has 0 N–H and O–H groups in total. The number of ether oxygens (including phenoxy) is 3. The molecule has 4 nitrogen and oxygen atoms in total. The van der Waals surface area contributed by atoms with E-state index >= 15 is 0 Å². The van der Waals surface area contributed by atoms with Crippen molar-refractivity contribution in [2.75, 3.05) is 20.3 Å². The van der Waals surface area contributed by atoms with Crippen LogP contribution in [0, 0.1) is 14.9 Å². The number of rotatable bonds is 8. The number of nitrogens with zero attached hydrogens (tertiary/aromatic N) is 1. The number of methoxy groups -OCH3 is 1. The first-order valence-electron chi connectivity index (χ1n) is 8.48. The molecule has 0 spiro atoms. The molecule has 0 saturated carbocycles. The predicted octanol–water partition coefficient (Wildman–Crippen LogP) is 5.55. The van der Waals surface area contributed by atoms with Crippen LogP contribution in [-0.4, -0.2) is 20.3 Å². The average molecular weight is 463 g/mol. The van der Waals surface area contributed by atoms with E-state index in [1.807, 2.05) is 49.4 Å². The van der Waals surface area contributed by atoms with Gasteiger partial charge in [0.2, 0.25) is 0 Å². The fourth-order valence-corrected chi connectivity index (χ4v) is 3.18. The van der Waals surface area contributed by atoms with Gasteiger partial charge in [0.1, 0.15) is 5.75 Å². The van der Waals surface area contributed by atoms with Crippen LogP contribution < -0.4 is 14.2 Å². The molecule has 0 bridgehead atoms. The second-order valence-electron chi connectivity index (χ2n) is 5.51. The van der Waals surface area contributed by atoms with E-state index in [4.69, 9.17) is 14.2 Å². The summed E-state index contributed by atoms with van der Waals surface area (Å²) in [5, 5.41) is 9.57. The first kappa shape index (κ1) is 20.1. The van der Waals surface area contributed by atoms with Gasteiger partial charge in [-0.25, -0.2) is 0 Å². The summed E-state index contributed by atoms with van der Waals surface area (Å²) in [4.78, 5) is 0. The van der Waals surface area contributed by atoms with Crippen molar-refractivity contribution in [2.24, 2.45) is 0 Å². The second-order valence-corrected chi connectivity index (χ2v) is 6.67. The summed E-state index contributed by atoms with van der Waals surface area (Å²) in [7, 11) is 1.62. The van der Waals surface area contributed by atoms with Crippen LogP contribution in [0.3, 0.4) is 0 Å². The zero-order valence-electron chi connectivity index (χ0n) is 15.2. The lowest BCUT2D eigenvalue weighted by atomic mass is 10.0. The third-order valence-corrected chi connectivity index (χ3v) is 4.42. The van der Waals surface area contributed by atoms with Crippen LogP contribution in [0.1, 0.15) is 31.4 Å². The van der Waals surface area contributed by atoms with Gasteiger partial charge in [-0.1, -0.05) is 6.92 Å². The normalized spacial score (nSPS) is 11.0. The molecule has 0 heterocycles. The van der Waals surface area contributed by atoms with E-state index in [0.29, 0.717) is 24.5 Å². The maximum Gasteiger partial charge on any atom is 0.174 e. The summed E-state index contributed by atoms with van der Waals surface area (Å²) in [5.74, 6) is 2.22. The van der Waals surface area contributed by atoms with Crippen molar-refractivity contribution in [1.29, 1.82) is 5.26 Å². The number of benzene rings is 2. The standard InChI is InChI=1S/C21H22INO3/c1-4-10-26-21-19(22)12-15(13-20(21)25-5-2)11-17(14-23)16-6-8-18(24-3)9-7-16/h6-9,11-13H,4-5,10H2,1-3H3/b17-11+. The summed E-state index contributed by atoms with van der Waals surface area (Å²) in [6.07, 6.45) is 2.79. The highest BCUT2D eigenvalue weighted by molar-refractivity contribution is 14.1. The first-order chi connectivity index (χ1) is 12.6. The Kier molecular flexibility index (Phi) is 7.79. The molecule has 26 heavy (non-hydrogen) atoms. The molecule has 136 valence electrons. The number of nitriles is 1. The third kappa shape index (κ3) is 5.15. The van der Waals surface area contributed by atoms with Crippen molar-refractivity contribution in [1.82, 2.24) is 0 Å². The molecule has 0 radical (unpaired) electrons. The van der Waals surface area contributed by atoms with Gasteiger partial charge in [0.25, 0.3) is 0 Å². The van der Waals surface area contributed by atoms with Crippen molar-refractivity contribution in [2.45, 2.75) is 20.3 Å². The van der Waals surface area contributed by atoms with Crippen LogP contribution in [0.25, 0.3) is 11.6 Å². The van der Waals surface area contributed by atoms with Gasteiger partial charge in [-0.2, -0.15) is 5.26 Å². The van der Waals surface area contributed by atoms with Crippen LogP contribution in [0.5, 0.6) is 17.2 Å². The maximum absolute atomic E-state index is 9.57. The van der Waals surface area contributed by atoms with Crippen LogP contribution in [0.15, 0.2) is 36.4 Å². The Morgan fingerprint density at radius 1 is 1.15 bits per heavy atom. The number of allylic oxidation sites excluding steroid dienone is 1. The Hall–Kier alpha value is -2.20. The Labute approximate surface area is 168 Å². The zero-order valence-corrected chi connectivity index (χ0v) is 17.4. The Morgan fingerprint density at radius 2 is 1.88 bits per heavy atom. The van der Waals surface area contributed by atoms with E-state index in [1.54, 1.807) is 7.11 Å². The predicted molar refractivity (Wildman–Crippen MR) is 113 cm³/mol. The Balaban J connectivity index is 2.41. The van der Waals surface area contributed by atoms with Gasteiger partial charge in [0.15, 0.2) is 11.5 Å². The molecular weight excluding hydrogens is 441 g/mol. The van der Waals surface area contributed by atoms with Gasteiger partial charge in [0, 0.05) is 0 Å². The lowest BCUT2D eigenvalue weighted by Gasteiger charge is -2.14. The molecule has 0 aliphatic carbocycles. The lowest BCUT2D eigenvalue weighted by molar-refractivity contribution is 0.275. The van der Waals surface area contributed by atoms with Gasteiger partial charge in [-0.05, 0) is 89.5 Å². The summed E-state index contributed by atoms with van der Waals surface area (Å²) in [6, 6.07) is 13.6. The number of halogens is 1. The van der Waals surface area contributed by atoms with E-state index in [9.17, 15) is 5.26 Å². The van der Waals surface area contributed by atoms with Gasteiger partial charge in [-0.3, -0.25) is 0 Å². The monoisotopic (exact) mass is 463 g/mol. The number of hydrogen-bond acceptors (Lipinski definition) is 4. The minimum Gasteiger partial charge on any atom is -0.497 e. The van der Waals surface area contributed by atoms with Crippen molar-refractivity contribution >= 4 is 34.2 Å². The topological polar surface area (TPSA) is 51.5 Å². The number of hydrogen-bond donors (Lipinski definition) is 0. The van der Waals surface area contributed by atoms with E-state index in [-0.39, 0.29) is 0 Å². The molecule has 0 aromatic heterocycles. The fraction of sp³-hybridized carbons (Fsp3) is 0.286. The molecular formula is C21H22INO3. The van der Waals surface area contributed by atoms with Gasteiger partial charge in [-0.15, -0.1) is 0 Å². The van der Waals surface area contributed by atoms with E-state index < -0.39 is 0 Å². The molecule has 0 fully saturated rings. The summed E-state index contributed by atoms with van der Waals surface area (Å²) < 4.78 is 17.7. The molecule has 0 amide bonds. The molecule has 0 aliphatic heterocycles. The van der Waals surface area contributed by atoms with E-state index in [0.717, 1.165) is 32.6 Å². The Bertz CT molecular complexity index is 807. The lowest BCUT2D eigenvalue weighted by Crippen LogP contribution is -2.02. The molecule has 2 aromatic carbocycles. The van der Waals surface area contributed by atoms with Crippen LogP contribution in [0.4, 0.5) is 0 Å². The first-order valence-corrected chi connectivity index (χ1v) is 9.56. The van der Waals surface area contributed by atoms with Crippen LogP contribution in [-0.2, 0) is 0 Å². The van der Waals surface area contributed by atoms with Crippen molar-refractivity contribution in [3.05, 3.63) is 51.1 Å². The molecule has 2 rings (SSSR count). The van der Waals surface area contributed by atoms with E-state index in [2.05, 4.69) is 35.6 Å². The van der Waals surface area contributed by atoms with Crippen LogP contribution >= 0.6 is 22.6 Å². The van der Waals surface area contributed by atoms with Crippen molar-refractivity contribution in [3.8, 4) is 23.3 Å². The van der Waals surface area contributed by atoms with Crippen molar-refractivity contribution in [3.63, 3.8) is 0 Å². The molecule has 0 saturated heterocycles. The molecule has 2 aromatic rings. The second kappa shape index (κ2) is 10.1. The van der Waals surface area contributed by atoms with Gasteiger partial charge < -0.3 is 14.2 Å². The Morgan fingerprint density at radius 3 is 2.46 bits per heavy atom. The highest BCUT2D eigenvalue weighted by Gasteiger charge is 2.12. The molecule has 0 atom stereocenters. The quantitative estimate of drug-likeness (QED) is 0.293. The smallest absolute Gasteiger partial charge is 0.174 e. The molecule has 5 heteroatoms. The van der Waals surface area contributed by atoms with Gasteiger partial charge in [0.05, 0.1) is 35.5 Å². The third-order valence-electron chi connectivity index (χ3n) is 3.61. The fourth-order valence-electron chi connectivity index (χ4n) is 2.40. The minimum atomic E-state index is 0.551. The van der Waals surface area contributed by atoms with Crippen molar-refractivity contribution < 1.29 is 14.2 Å². The summed E-state index contributed by atoms with van der Waals surface area (Å²) in [6.45, 7) is 5.20. The highest BCUT2D eigenvalue weighted by Crippen LogP contribution is 2.35. The SMILES string of the molecule is CCCOc1c(I)cc(/C=C(\C#N)c2ccc(OC)cc2)cc1OCC. The molecule has 0 aliphatic rings.